The number of carbonyl (C=O) groups excluding carboxylic acids is 1. The summed E-state index contributed by atoms with van der Waals surface area (Å²) in [4.78, 5) is 18.6. The molecule has 2 rings (SSSR count). The summed E-state index contributed by atoms with van der Waals surface area (Å²) in [6.07, 6.45) is 4.72. The molecule has 3 nitrogen and oxygen atoms in total. The molecule has 0 N–H and O–H groups in total. The van der Waals surface area contributed by atoms with Gasteiger partial charge < -0.3 is 4.90 Å². The van der Waals surface area contributed by atoms with Gasteiger partial charge in [-0.15, -0.1) is 0 Å². The third-order valence-electron chi connectivity index (χ3n) is 3.30. The van der Waals surface area contributed by atoms with Gasteiger partial charge in [0.05, 0.1) is 12.3 Å². The van der Waals surface area contributed by atoms with Crippen LogP contribution in [0.4, 0.5) is 0 Å². The minimum atomic E-state index is 0.303. The van der Waals surface area contributed by atoms with E-state index in [1.807, 2.05) is 0 Å². The highest BCUT2D eigenvalue weighted by molar-refractivity contribution is 8.39. The Morgan fingerprint density at radius 3 is 3.18 bits per heavy atom. The quantitative estimate of drug-likeness (QED) is 0.791. The normalized spacial score (nSPS) is 24.9. The van der Waals surface area contributed by atoms with Crippen LogP contribution in [0.1, 0.15) is 32.6 Å². The van der Waals surface area contributed by atoms with Crippen LogP contribution in [0.25, 0.3) is 0 Å². The second-order valence-electron chi connectivity index (χ2n) is 4.43. The number of amides is 1. The molecule has 17 heavy (non-hydrogen) atoms. The standard InChI is InChI=1S/C12H20N2OS2/c1-2-10-5-3-4-7-14(10)11(15)9-17-12-13-6-8-16-12/h10H,2-9H2,1H3/t10-/m0/s1. The monoisotopic (exact) mass is 272 g/mol. The number of hydrogen-bond donors (Lipinski definition) is 0. The van der Waals surface area contributed by atoms with E-state index in [9.17, 15) is 4.79 Å². The van der Waals surface area contributed by atoms with Crippen molar-refractivity contribution in [2.24, 2.45) is 4.99 Å². The van der Waals surface area contributed by atoms with E-state index in [2.05, 4.69) is 16.8 Å². The largest absolute Gasteiger partial charge is 0.339 e. The maximum Gasteiger partial charge on any atom is 0.233 e. The van der Waals surface area contributed by atoms with Crippen molar-refractivity contribution in [3.8, 4) is 0 Å². The molecule has 1 atom stereocenters. The maximum absolute atomic E-state index is 12.2. The third-order valence-corrected chi connectivity index (χ3v) is 5.53. The van der Waals surface area contributed by atoms with Gasteiger partial charge in [-0.1, -0.05) is 30.4 Å². The van der Waals surface area contributed by atoms with Crippen molar-refractivity contribution in [3.63, 3.8) is 0 Å². The fourth-order valence-electron chi connectivity index (χ4n) is 2.36. The van der Waals surface area contributed by atoms with Crippen molar-refractivity contribution in [1.29, 1.82) is 0 Å². The first-order valence-electron chi connectivity index (χ1n) is 6.40. The van der Waals surface area contributed by atoms with Crippen LogP contribution in [0.3, 0.4) is 0 Å². The van der Waals surface area contributed by atoms with Gasteiger partial charge in [-0.05, 0) is 25.7 Å². The molecule has 2 aliphatic heterocycles. The number of hydrogen-bond acceptors (Lipinski definition) is 4. The minimum Gasteiger partial charge on any atom is -0.339 e. The van der Waals surface area contributed by atoms with Crippen molar-refractivity contribution in [1.82, 2.24) is 4.90 Å². The Labute approximate surface area is 112 Å². The summed E-state index contributed by atoms with van der Waals surface area (Å²) >= 11 is 3.40. The van der Waals surface area contributed by atoms with Crippen LogP contribution in [0.5, 0.6) is 0 Å². The van der Waals surface area contributed by atoms with Crippen LogP contribution in [-0.4, -0.2) is 45.8 Å². The zero-order valence-electron chi connectivity index (χ0n) is 10.4. The lowest BCUT2D eigenvalue weighted by atomic mass is 10.0. The Balaban J connectivity index is 1.81. The van der Waals surface area contributed by atoms with E-state index in [1.54, 1.807) is 23.5 Å². The predicted octanol–water partition coefficient (Wildman–Crippen LogP) is 2.61. The highest BCUT2D eigenvalue weighted by Gasteiger charge is 2.25. The highest BCUT2D eigenvalue weighted by Crippen LogP contribution is 2.24. The summed E-state index contributed by atoms with van der Waals surface area (Å²) < 4.78 is 1.10. The van der Waals surface area contributed by atoms with Crippen LogP contribution in [-0.2, 0) is 4.79 Å². The van der Waals surface area contributed by atoms with Crippen molar-refractivity contribution >= 4 is 33.8 Å². The fraction of sp³-hybridized carbons (Fsp3) is 0.833. The van der Waals surface area contributed by atoms with Crippen LogP contribution < -0.4 is 0 Å². The molecule has 0 aliphatic carbocycles. The lowest BCUT2D eigenvalue weighted by Gasteiger charge is -2.35. The lowest BCUT2D eigenvalue weighted by Crippen LogP contribution is -2.44. The first kappa shape index (κ1) is 13.3. The average Bonchev–Trinajstić information content (AvgIpc) is 2.89. The summed E-state index contributed by atoms with van der Waals surface area (Å²) in [5, 5.41) is 0. The van der Waals surface area contributed by atoms with Gasteiger partial charge in [0.1, 0.15) is 4.38 Å². The van der Waals surface area contributed by atoms with Gasteiger partial charge in [0.25, 0.3) is 0 Å². The summed E-state index contributed by atoms with van der Waals surface area (Å²) in [5.41, 5.74) is 0. The Morgan fingerprint density at radius 2 is 2.47 bits per heavy atom. The molecule has 2 heterocycles. The Kier molecular flexibility index (Phi) is 5.22. The second kappa shape index (κ2) is 6.69. The Morgan fingerprint density at radius 1 is 1.59 bits per heavy atom. The minimum absolute atomic E-state index is 0.303. The van der Waals surface area contributed by atoms with Crippen LogP contribution >= 0.6 is 23.5 Å². The van der Waals surface area contributed by atoms with Gasteiger partial charge in [-0.3, -0.25) is 9.79 Å². The molecule has 96 valence electrons. The van der Waals surface area contributed by atoms with E-state index in [0.717, 1.165) is 29.6 Å². The van der Waals surface area contributed by atoms with E-state index in [0.29, 0.717) is 17.7 Å². The maximum atomic E-state index is 12.2. The molecular formula is C12H20N2OS2. The zero-order chi connectivity index (χ0) is 12.1. The Hall–Kier alpha value is -0.160. The van der Waals surface area contributed by atoms with E-state index < -0.39 is 0 Å². The van der Waals surface area contributed by atoms with Crippen molar-refractivity contribution in [3.05, 3.63) is 0 Å². The van der Waals surface area contributed by atoms with Gasteiger partial charge in [0, 0.05) is 18.3 Å². The predicted molar refractivity (Wildman–Crippen MR) is 76.9 cm³/mol. The number of nitrogens with zero attached hydrogens (tertiary/aromatic N) is 2. The summed E-state index contributed by atoms with van der Waals surface area (Å²) in [7, 11) is 0. The third kappa shape index (κ3) is 3.65. The SMILES string of the molecule is CC[C@H]1CCCCN1C(=O)CSC1=NCCS1. The van der Waals surface area contributed by atoms with Crippen molar-refractivity contribution in [2.45, 2.75) is 38.6 Å². The zero-order valence-corrected chi connectivity index (χ0v) is 12.0. The molecule has 0 radical (unpaired) electrons. The van der Waals surface area contributed by atoms with Crippen molar-refractivity contribution in [2.75, 3.05) is 24.6 Å². The van der Waals surface area contributed by atoms with E-state index in [1.165, 1.54) is 19.3 Å². The first-order valence-corrected chi connectivity index (χ1v) is 8.38. The van der Waals surface area contributed by atoms with Crippen molar-refractivity contribution < 1.29 is 4.79 Å². The van der Waals surface area contributed by atoms with Gasteiger partial charge in [-0.25, -0.2) is 0 Å². The Bertz CT molecular complexity index is 307. The molecule has 1 fully saturated rings. The molecule has 0 aromatic rings. The molecule has 0 bridgehead atoms. The molecule has 0 unspecified atom stereocenters. The summed E-state index contributed by atoms with van der Waals surface area (Å²) in [5.74, 6) is 1.96. The number of carbonyl (C=O) groups is 1. The fourth-order valence-corrected chi connectivity index (χ4v) is 4.26. The number of aliphatic imine (C=N–C) groups is 1. The summed E-state index contributed by atoms with van der Waals surface area (Å²) in [6.45, 7) is 4.06. The van der Waals surface area contributed by atoms with Gasteiger partial charge in [0.2, 0.25) is 5.91 Å². The van der Waals surface area contributed by atoms with Crippen LogP contribution in [0.2, 0.25) is 0 Å². The number of likely N-dealkylation sites (tertiary alicyclic amines) is 1. The molecular weight excluding hydrogens is 252 g/mol. The van der Waals surface area contributed by atoms with Crippen LogP contribution in [0, 0.1) is 0 Å². The first-order chi connectivity index (χ1) is 8.31. The average molecular weight is 272 g/mol. The van der Waals surface area contributed by atoms with Gasteiger partial charge in [0.15, 0.2) is 0 Å². The molecule has 5 heteroatoms. The molecule has 1 amide bonds. The molecule has 2 aliphatic rings. The highest BCUT2D eigenvalue weighted by atomic mass is 32.2. The lowest BCUT2D eigenvalue weighted by molar-refractivity contribution is -0.132. The number of piperidine rings is 1. The number of thioether (sulfide) groups is 2. The smallest absolute Gasteiger partial charge is 0.233 e. The van der Waals surface area contributed by atoms with E-state index >= 15 is 0 Å². The van der Waals surface area contributed by atoms with Crippen LogP contribution in [0.15, 0.2) is 4.99 Å². The molecule has 0 spiro atoms. The van der Waals surface area contributed by atoms with E-state index in [4.69, 9.17) is 0 Å². The summed E-state index contributed by atoms with van der Waals surface area (Å²) in [6, 6.07) is 0.481. The topological polar surface area (TPSA) is 32.7 Å². The van der Waals surface area contributed by atoms with E-state index in [-0.39, 0.29) is 0 Å². The second-order valence-corrected chi connectivity index (χ2v) is 6.74. The molecule has 1 saturated heterocycles. The molecule has 0 saturated carbocycles. The van der Waals surface area contributed by atoms with Gasteiger partial charge in [-0.2, -0.15) is 0 Å². The molecule has 0 aromatic heterocycles. The van der Waals surface area contributed by atoms with Gasteiger partial charge >= 0.3 is 0 Å². The molecule has 0 aromatic carbocycles. The number of rotatable bonds is 3.